The topological polar surface area (TPSA) is 48.5 Å². The van der Waals surface area contributed by atoms with Gasteiger partial charge in [-0.1, -0.05) is 19.3 Å². The molecule has 1 aliphatic heterocycles. The fourth-order valence-corrected chi connectivity index (χ4v) is 4.27. The van der Waals surface area contributed by atoms with Crippen molar-refractivity contribution in [1.82, 2.24) is 15.2 Å². The van der Waals surface area contributed by atoms with Crippen molar-refractivity contribution < 1.29 is 4.79 Å². The largest absolute Gasteiger partial charge is 0.356 e. The summed E-state index contributed by atoms with van der Waals surface area (Å²) < 4.78 is 0.843. The van der Waals surface area contributed by atoms with E-state index in [0.717, 1.165) is 36.2 Å². The molecule has 138 valence electrons. The number of carbonyl (C=O) groups is 1. The number of amides is 1. The molecule has 1 saturated carbocycles. The summed E-state index contributed by atoms with van der Waals surface area (Å²) in [6.45, 7) is 1.90. The van der Waals surface area contributed by atoms with Gasteiger partial charge in [0.05, 0.1) is 5.56 Å². The van der Waals surface area contributed by atoms with E-state index in [1.54, 1.807) is 25.2 Å². The molecule has 1 N–H and O–H groups in total. The number of nitrogens with zero attached hydrogens (tertiary/aromatic N) is 3. The SMILES string of the molecule is CN(C)C(=O)c1cc(Br)cnc1N1CCC(NC2CCCCC2)CC1. The van der Waals surface area contributed by atoms with Gasteiger partial charge in [-0.05, 0) is 47.7 Å². The third-order valence-corrected chi connectivity index (χ3v) is 5.77. The number of hydrogen-bond acceptors (Lipinski definition) is 4. The van der Waals surface area contributed by atoms with Gasteiger partial charge >= 0.3 is 0 Å². The molecule has 2 aliphatic rings. The Morgan fingerprint density at radius 1 is 1.16 bits per heavy atom. The maximum Gasteiger partial charge on any atom is 0.257 e. The van der Waals surface area contributed by atoms with Crippen LogP contribution in [0.4, 0.5) is 5.82 Å². The summed E-state index contributed by atoms with van der Waals surface area (Å²) in [6, 6.07) is 3.20. The number of anilines is 1. The Balaban J connectivity index is 1.63. The second kappa shape index (κ2) is 8.49. The highest BCUT2D eigenvalue weighted by molar-refractivity contribution is 9.10. The first-order valence-corrected chi connectivity index (χ1v) is 10.2. The first-order chi connectivity index (χ1) is 12.0. The second-order valence-corrected chi connectivity index (χ2v) is 8.40. The third kappa shape index (κ3) is 4.73. The van der Waals surface area contributed by atoms with E-state index in [0.29, 0.717) is 17.6 Å². The fourth-order valence-electron chi connectivity index (χ4n) is 3.94. The molecule has 1 saturated heterocycles. The van der Waals surface area contributed by atoms with E-state index >= 15 is 0 Å². The number of piperidine rings is 1. The van der Waals surface area contributed by atoms with Crippen molar-refractivity contribution in [3.63, 3.8) is 0 Å². The van der Waals surface area contributed by atoms with Gasteiger partial charge in [0.15, 0.2) is 0 Å². The van der Waals surface area contributed by atoms with Gasteiger partial charge in [0.25, 0.3) is 5.91 Å². The molecule has 0 unspecified atom stereocenters. The molecule has 0 aromatic carbocycles. The van der Waals surface area contributed by atoms with Crippen molar-refractivity contribution in [2.75, 3.05) is 32.1 Å². The first-order valence-electron chi connectivity index (χ1n) is 9.43. The van der Waals surface area contributed by atoms with E-state index in [1.165, 1.54) is 32.1 Å². The van der Waals surface area contributed by atoms with Crippen LogP contribution >= 0.6 is 15.9 Å². The number of rotatable bonds is 4. The molecule has 6 heteroatoms. The molecule has 5 nitrogen and oxygen atoms in total. The summed E-state index contributed by atoms with van der Waals surface area (Å²) >= 11 is 3.44. The zero-order chi connectivity index (χ0) is 17.8. The van der Waals surface area contributed by atoms with E-state index in [4.69, 9.17) is 0 Å². The normalized spacial score (nSPS) is 19.9. The van der Waals surface area contributed by atoms with Crippen molar-refractivity contribution in [3.8, 4) is 0 Å². The molecule has 2 fully saturated rings. The van der Waals surface area contributed by atoms with Crippen LogP contribution in [0.15, 0.2) is 16.7 Å². The zero-order valence-electron chi connectivity index (χ0n) is 15.3. The second-order valence-electron chi connectivity index (χ2n) is 7.49. The van der Waals surface area contributed by atoms with Crippen LogP contribution in [0.2, 0.25) is 0 Å². The van der Waals surface area contributed by atoms with Crippen molar-refractivity contribution in [2.24, 2.45) is 0 Å². The Hall–Kier alpha value is -1.14. The number of pyridine rings is 1. The summed E-state index contributed by atoms with van der Waals surface area (Å²) in [7, 11) is 3.57. The Kier molecular flexibility index (Phi) is 6.34. The van der Waals surface area contributed by atoms with E-state index in [2.05, 4.69) is 31.1 Å². The quantitative estimate of drug-likeness (QED) is 0.828. The van der Waals surface area contributed by atoms with E-state index < -0.39 is 0 Å². The molecule has 2 heterocycles. The maximum atomic E-state index is 12.5. The van der Waals surface area contributed by atoms with Gasteiger partial charge in [-0.3, -0.25) is 4.79 Å². The van der Waals surface area contributed by atoms with Gasteiger partial charge in [-0.15, -0.1) is 0 Å². The Labute approximate surface area is 159 Å². The van der Waals surface area contributed by atoms with Crippen molar-refractivity contribution in [1.29, 1.82) is 0 Å². The van der Waals surface area contributed by atoms with Crippen LogP contribution in [0.3, 0.4) is 0 Å². The standard InChI is InChI=1S/C19H29BrN4O/c1-23(2)19(25)17-12-14(20)13-21-18(17)24-10-8-16(9-11-24)22-15-6-4-3-5-7-15/h12-13,15-16,22H,3-11H2,1-2H3. The smallest absolute Gasteiger partial charge is 0.257 e. The number of aromatic nitrogens is 1. The molecule has 3 rings (SSSR count). The first kappa shape index (κ1) is 18.6. The molecule has 1 amide bonds. The average Bonchev–Trinajstić information content (AvgIpc) is 2.62. The molecule has 0 radical (unpaired) electrons. The summed E-state index contributed by atoms with van der Waals surface area (Å²) in [6.07, 6.45) is 10.8. The Morgan fingerprint density at radius 2 is 1.80 bits per heavy atom. The van der Waals surface area contributed by atoms with Crippen LogP contribution in [-0.4, -0.2) is 55.1 Å². The zero-order valence-corrected chi connectivity index (χ0v) is 16.9. The van der Waals surface area contributed by atoms with Crippen LogP contribution in [0, 0.1) is 0 Å². The van der Waals surface area contributed by atoms with Gasteiger partial charge in [0.2, 0.25) is 0 Å². The molecule has 25 heavy (non-hydrogen) atoms. The molecule has 0 atom stereocenters. The van der Waals surface area contributed by atoms with Crippen LogP contribution in [-0.2, 0) is 0 Å². The highest BCUT2D eigenvalue weighted by Crippen LogP contribution is 2.26. The molecule has 1 aromatic rings. The molecule has 1 aromatic heterocycles. The minimum Gasteiger partial charge on any atom is -0.356 e. The average molecular weight is 409 g/mol. The summed E-state index contributed by atoms with van der Waals surface area (Å²) in [5.74, 6) is 0.823. The lowest BCUT2D eigenvalue weighted by Crippen LogP contribution is -2.47. The van der Waals surface area contributed by atoms with E-state index in [9.17, 15) is 4.79 Å². The Bertz CT molecular complexity index is 593. The highest BCUT2D eigenvalue weighted by Gasteiger charge is 2.26. The van der Waals surface area contributed by atoms with Crippen LogP contribution in [0.5, 0.6) is 0 Å². The lowest BCUT2D eigenvalue weighted by Gasteiger charge is -2.36. The number of hydrogen-bond donors (Lipinski definition) is 1. The van der Waals surface area contributed by atoms with Crippen LogP contribution < -0.4 is 10.2 Å². The lowest BCUT2D eigenvalue weighted by molar-refractivity contribution is 0.0827. The predicted molar refractivity (Wildman–Crippen MR) is 105 cm³/mol. The minimum atomic E-state index is 0.00579. The monoisotopic (exact) mass is 408 g/mol. The molecule has 1 aliphatic carbocycles. The summed E-state index contributed by atoms with van der Waals surface area (Å²) in [5, 5.41) is 3.86. The summed E-state index contributed by atoms with van der Waals surface area (Å²) in [5.41, 5.74) is 0.679. The van der Waals surface area contributed by atoms with Crippen molar-refractivity contribution >= 4 is 27.7 Å². The molecular weight excluding hydrogens is 380 g/mol. The van der Waals surface area contributed by atoms with Crippen LogP contribution in [0.1, 0.15) is 55.3 Å². The van der Waals surface area contributed by atoms with Gasteiger partial charge in [-0.25, -0.2) is 4.98 Å². The van der Waals surface area contributed by atoms with Crippen LogP contribution in [0.25, 0.3) is 0 Å². The molecule has 0 bridgehead atoms. The van der Waals surface area contributed by atoms with Crippen molar-refractivity contribution in [2.45, 2.75) is 57.0 Å². The number of carbonyl (C=O) groups excluding carboxylic acids is 1. The molecular formula is C19H29BrN4O. The minimum absolute atomic E-state index is 0.00579. The van der Waals surface area contributed by atoms with Gasteiger partial charge in [0, 0.05) is 49.9 Å². The van der Waals surface area contributed by atoms with Gasteiger partial charge < -0.3 is 15.1 Å². The van der Waals surface area contributed by atoms with E-state index in [1.807, 2.05) is 6.07 Å². The maximum absolute atomic E-state index is 12.5. The lowest BCUT2D eigenvalue weighted by atomic mass is 9.93. The number of nitrogens with one attached hydrogen (secondary N) is 1. The van der Waals surface area contributed by atoms with Gasteiger partial charge in [-0.2, -0.15) is 0 Å². The van der Waals surface area contributed by atoms with E-state index in [-0.39, 0.29) is 5.91 Å². The van der Waals surface area contributed by atoms with Crippen molar-refractivity contribution in [3.05, 3.63) is 22.3 Å². The highest BCUT2D eigenvalue weighted by atomic mass is 79.9. The predicted octanol–water partition coefficient (Wildman–Crippen LogP) is 3.44. The Morgan fingerprint density at radius 3 is 2.44 bits per heavy atom. The molecule has 0 spiro atoms. The number of halogens is 1. The third-order valence-electron chi connectivity index (χ3n) is 5.34. The fraction of sp³-hybridized carbons (Fsp3) is 0.684. The van der Waals surface area contributed by atoms with Gasteiger partial charge in [0.1, 0.15) is 5.82 Å². The summed E-state index contributed by atoms with van der Waals surface area (Å²) in [4.78, 5) is 21.0.